The van der Waals surface area contributed by atoms with Gasteiger partial charge in [-0.3, -0.25) is 4.90 Å². The molecule has 4 heteroatoms. The first-order valence-corrected chi connectivity index (χ1v) is 7.83. The lowest BCUT2D eigenvalue weighted by atomic mass is 9.95. The Hall–Kier alpha value is -1.65. The zero-order valence-electron chi connectivity index (χ0n) is 12.4. The van der Waals surface area contributed by atoms with E-state index in [1.807, 2.05) is 23.3 Å². The summed E-state index contributed by atoms with van der Waals surface area (Å²) in [5.74, 6) is 1.69. The van der Waals surface area contributed by atoms with Crippen LogP contribution in [0.5, 0.6) is 0 Å². The van der Waals surface area contributed by atoms with Gasteiger partial charge >= 0.3 is 0 Å². The van der Waals surface area contributed by atoms with Crippen LogP contribution in [0.1, 0.15) is 12.5 Å². The van der Waals surface area contributed by atoms with E-state index in [-0.39, 0.29) is 0 Å². The number of aromatic nitrogens is 2. The second-order valence-electron chi connectivity index (χ2n) is 6.39. The SMILES string of the molecule is CC1C2CNCC2CN1Cc1ccc(-n2ccnc2)cc1. The van der Waals surface area contributed by atoms with Crippen molar-refractivity contribution in [2.75, 3.05) is 19.6 Å². The number of hydrogen-bond acceptors (Lipinski definition) is 3. The molecule has 110 valence electrons. The van der Waals surface area contributed by atoms with Crippen molar-refractivity contribution in [2.45, 2.75) is 19.5 Å². The van der Waals surface area contributed by atoms with Crippen molar-refractivity contribution in [1.82, 2.24) is 19.8 Å². The van der Waals surface area contributed by atoms with E-state index in [1.165, 1.54) is 30.9 Å². The molecule has 2 fully saturated rings. The number of rotatable bonds is 3. The number of nitrogens with zero attached hydrogens (tertiary/aromatic N) is 3. The van der Waals surface area contributed by atoms with E-state index in [9.17, 15) is 0 Å². The maximum Gasteiger partial charge on any atom is 0.0991 e. The number of imidazole rings is 1. The summed E-state index contributed by atoms with van der Waals surface area (Å²) in [7, 11) is 0. The predicted molar refractivity (Wildman–Crippen MR) is 83.3 cm³/mol. The number of benzene rings is 1. The highest BCUT2D eigenvalue weighted by Gasteiger charge is 2.41. The summed E-state index contributed by atoms with van der Waals surface area (Å²) in [6.45, 7) is 7.09. The molecule has 0 aliphatic carbocycles. The zero-order chi connectivity index (χ0) is 14.2. The van der Waals surface area contributed by atoms with E-state index in [4.69, 9.17) is 0 Å². The fourth-order valence-corrected chi connectivity index (χ4v) is 3.88. The molecule has 1 N–H and O–H groups in total. The van der Waals surface area contributed by atoms with Crippen LogP contribution in [0.3, 0.4) is 0 Å². The van der Waals surface area contributed by atoms with E-state index in [0.29, 0.717) is 6.04 Å². The van der Waals surface area contributed by atoms with Crippen molar-refractivity contribution in [3.8, 4) is 5.69 Å². The van der Waals surface area contributed by atoms with Gasteiger partial charge in [0.25, 0.3) is 0 Å². The molecule has 4 rings (SSSR count). The number of nitrogens with one attached hydrogen (secondary N) is 1. The van der Waals surface area contributed by atoms with Gasteiger partial charge in [-0.05, 0) is 49.5 Å². The van der Waals surface area contributed by atoms with Crippen LogP contribution in [-0.4, -0.2) is 40.1 Å². The van der Waals surface area contributed by atoms with Crippen molar-refractivity contribution in [3.05, 3.63) is 48.5 Å². The molecular formula is C17H22N4. The van der Waals surface area contributed by atoms with Gasteiger partial charge in [0, 0.05) is 37.2 Å². The molecule has 2 saturated heterocycles. The highest BCUT2D eigenvalue weighted by Crippen LogP contribution is 2.33. The van der Waals surface area contributed by atoms with E-state index < -0.39 is 0 Å². The molecule has 3 atom stereocenters. The van der Waals surface area contributed by atoms with E-state index >= 15 is 0 Å². The molecule has 0 spiro atoms. The summed E-state index contributed by atoms with van der Waals surface area (Å²) < 4.78 is 2.04. The normalized spacial score (nSPS) is 28.9. The Morgan fingerprint density at radius 1 is 1.24 bits per heavy atom. The third kappa shape index (κ3) is 2.39. The topological polar surface area (TPSA) is 33.1 Å². The van der Waals surface area contributed by atoms with Crippen LogP contribution in [0.15, 0.2) is 43.0 Å². The first-order valence-electron chi connectivity index (χ1n) is 7.83. The molecule has 4 nitrogen and oxygen atoms in total. The summed E-state index contributed by atoms with van der Waals surface area (Å²) in [5.41, 5.74) is 2.57. The van der Waals surface area contributed by atoms with Crippen LogP contribution in [0.4, 0.5) is 0 Å². The average molecular weight is 282 g/mol. The Morgan fingerprint density at radius 3 is 2.81 bits per heavy atom. The van der Waals surface area contributed by atoms with E-state index in [1.54, 1.807) is 0 Å². The second kappa shape index (κ2) is 5.28. The Bertz CT molecular complexity index is 590. The van der Waals surface area contributed by atoms with Crippen LogP contribution in [0.25, 0.3) is 5.69 Å². The van der Waals surface area contributed by atoms with Gasteiger partial charge in [-0.1, -0.05) is 12.1 Å². The molecule has 3 heterocycles. The van der Waals surface area contributed by atoms with Crippen molar-refractivity contribution in [2.24, 2.45) is 11.8 Å². The highest BCUT2D eigenvalue weighted by atomic mass is 15.2. The van der Waals surface area contributed by atoms with Crippen molar-refractivity contribution in [3.63, 3.8) is 0 Å². The third-order valence-electron chi connectivity index (χ3n) is 5.18. The Balaban J connectivity index is 1.46. The maximum absolute atomic E-state index is 4.10. The molecule has 0 radical (unpaired) electrons. The Labute approximate surface area is 125 Å². The van der Waals surface area contributed by atoms with Crippen LogP contribution in [0, 0.1) is 11.8 Å². The Kier molecular flexibility index (Phi) is 3.28. The lowest BCUT2D eigenvalue weighted by molar-refractivity contribution is 0.231. The highest BCUT2D eigenvalue weighted by molar-refractivity contribution is 5.34. The molecule has 2 aliphatic rings. The molecule has 0 amide bonds. The fourth-order valence-electron chi connectivity index (χ4n) is 3.88. The molecule has 1 aromatic carbocycles. The molecule has 0 bridgehead atoms. The largest absolute Gasteiger partial charge is 0.316 e. The summed E-state index contributed by atoms with van der Waals surface area (Å²) in [4.78, 5) is 6.74. The van der Waals surface area contributed by atoms with Gasteiger partial charge in [-0.25, -0.2) is 4.98 Å². The number of hydrogen-bond donors (Lipinski definition) is 1. The number of likely N-dealkylation sites (tertiary alicyclic amines) is 1. The van der Waals surface area contributed by atoms with Crippen LogP contribution < -0.4 is 5.32 Å². The minimum absolute atomic E-state index is 0.693. The van der Waals surface area contributed by atoms with Gasteiger partial charge in [-0.15, -0.1) is 0 Å². The molecule has 21 heavy (non-hydrogen) atoms. The summed E-state index contributed by atoms with van der Waals surface area (Å²) in [6, 6.07) is 9.54. The van der Waals surface area contributed by atoms with Crippen LogP contribution in [-0.2, 0) is 6.54 Å². The minimum atomic E-state index is 0.693. The summed E-state index contributed by atoms with van der Waals surface area (Å²) in [6.07, 6.45) is 5.63. The molecule has 2 aliphatic heterocycles. The fraction of sp³-hybridized carbons (Fsp3) is 0.471. The molecular weight excluding hydrogens is 260 g/mol. The molecule has 3 unspecified atom stereocenters. The van der Waals surface area contributed by atoms with Gasteiger partial charge in [0.1, 0.15) is 0 Å². The van der Waals surface area contributed by atoms with E-state index in [2.05, 4.69) is 46.4 Å². The summed E-state index contributed by atoms with van der Waals surface area (Å²) >= 11 is 0. The second-order valence-corrected chi connectivity index (χ2v) is 6.39. The summed E-state index contributed by atoms with van der Waals surface area (Å²) in [5, 5.41) is 3.53. The minimum Gasteiger partial charge on any atom is -0.316 e. The van der Waals surface area contributed by atoms with Crippen molar-refractivity contribution >= 4 is 0 Å². The first kappa shape index (κ1) is 13.0. The van der Waals surface area contributed by atoms with Gasteiger partial charge in [-0.2, -0.15) is 0 Å². The predicted octanol–water partition coefficient (Wildman–Crippen LogP) is 1.91. The first-order chi connectivity index (χ1) is 10.3. The number of fused-ring (bicyclic) bond motifs is 1. The van der Waals surface area contributed by atoms with Gasteiger partial charge in [0.15, 0.2) is 0 Å². The van der Waals surface area contributed by atoms with Gasteiger partial charge in [0.05, 0.1) is 6.33 Å². The van der Waals surface area contributed by atoms with Crippen molar-refractivity contribution in [1.29, 1.82) is 0 Å². The van der Waals surface area contributed by atoms with Crippen molar-refractivity contribution < 1.29 is 0 Å². The molecule has 0 saturated carbocycles. The average Bonchev–Trinajstić information content (AvgIpc) is 3.21. The van der Waals surface area contributed by atoms with Crippen LogP contribution >= 0.6 is 0 Å². The lowest BCUT2D eigenvalue weighted by Gasteiger charge is -2.24. The third-order valence-corrected chi connectivity index (χ3v) is 5.18. The smallest absolute Gasteiger partial charge is 0.0991 e. The zero-order valence-corrected chi connectivity index (χ0v) is 12.4. The van der Waals surface area contributed by atoms with Gasteiger partial charge < -0.3 is 9.88 Å². The molecule has 2 aromatic rings. The monoisotopic (exact) mass is 282 g/mol. The van der Waals surface area contributed by atoms with Crippen LogP contribution in [0.2, 0.25) is 0 Å². The quantitative estimate of drug-likeness (QED) is 0.933. The maximum atomic E-state index is 4.10. The molecule has 1 aromatic heterocycles. The Morgan fingerprint density at radius 2 is 2.10 bits per heavy atom. The van der Waals surface area contributed by atoms with E-state index in [0.717, 1.165) is 18.4 Å². The standard InChI is InChI=1S/C17H22N4/c1-13-17-9-19-8-15(17)11-21(13)10-14-2-4-16(5-3-14)20-7-6-18-12-20/h2-7,12-13,15,17,19H,8-11H2,1H3. The van der Waals surface area contributed by atoms with Gasteiger partial charge in [0.2, 0.25) is 0 Å². The lowest BCUT2D eigenvalue weighted by Crippen LogP contribution is -2.32.